The molecule has 2 amide bonds. The Morgan fingerprint density at radius 3 is 2.25 bits per heavy atom. The number of carbonyl (C=O) groups excluding carboxylic acids is 2. The summed E-state index contributed by atoms with van der Waals surface area (Å²) in [5, 5.41) is 2.92. The molecule has 0 saturated carbocycles. The van der Waals surface area contributed by atoms with Crippen LogP contribution in [0.3, 0.4) is 0 Å². The van der Waals surface area contributed by atoms with Crippen LogP contribution in [0, 0.1) is 26.7 Å². The summed E-state index contributed by atoms with van der Waals surface area (Å²) in [4.78, 5) is 27.9. The molecule has 2 aromatic carbocycles. The Morgan fingerprint density at radius 2 is 1.64 bits per heavy atom. The molecule has 2 rings (SSSR count). The Bertz CT molecular complexity index is 1160. The van der Waals surface area contributed by atoms with Crippen molar-refractivity contribution in [2.24, 2.45) is 5.92 Å². The van der Waals surface area contributed by atoms with E-state index in [-0.39, 0.29) is 24.8 Å². The van der Waals surface area contributed by atoms with Crippen LogP contribution in [0.4, 0.5) is 5.69 Å². The van der Waals surface area contributed by atoms with E-state index < -0.39 is 16.1 Å². The second-order valence-corrected chi connectivity index (χ2v) is 11.9. The van der Waals surface area contributed by atoms with E-state index in [1.165, 1.54) is 10.6 Å². The quantitative estimate of drug-likeness (QED) is 0.455. The van der Waals surface area contributed by atoms with E-state index in [2.05, 4.69) is 5.32 Å². The molecule has 7 nitrogen and oxygen atoms in total. The molecular formula is C28H41N3O4S. The van der Waals surface area contributed by atoms with Gasteiger partial charge in [-0.25, -0.2) is 8.42 Å². The van der Waals surface area contributed by atoms with Crippen molar-refractivity contribution in [2.75, 3.05) is 23.7 Å². The molecule has 198 valence electrons. The highest BCUT2D eigenvalue weighted by atomic mass is 32.2. The lowest BCUT2D eigenvalue weighted by Crippen LogP contribution is -2.48. The van der Waals surface area contributed by atoms with E-state index in [0.717, 1.165) is 22.3 Å². The van der Waals surface area contributed by atoms with Gasteiger partial charge in [-0.3, -0.25) is 13.9 Å². The molecule has 1 N–H and O–H groups in total. The lowest BCUT2D eigenvalue weighted by molar-refractivity contribution is -0.140. The van der Waals surface area contributed by atoms with Crippen LogP contribution in [0.5, 0.6) is 0 Å². The highest BCUT2D eigenvalue weighted by Gasteiger charge is 2.27. The van der Waals surface area contributed by atoms with Crippen LogP contribution < -0.4 is 9.62 Å². The number of hydrogen-bond donors (Lipinski definition) is 1. The summed E-state index contributed by atoms with van der Waals surface area (Å²) in [5.74, 6) is -0.0765. The van der Waals surface area contributed by atoms with E-state index >= 15 is 0 Å². The Balaban J connectivity index is 2.21. The highest BCUT2D eigenvalue weighted by molar-refractivity contribution is 7.92. The Kier molecular flexibility index (Phi) is 10.5. The normalized spacial score (nSPS) is 12.3. The molecule has 36 heavy (non-hydrogen) atoms. The summed E-state index contributed by atoms with van der Waals surface area (Å²) in [5.41, 5.74) is 4.47. The fourth-order valence-electron chi connectivity index (χ4n) is 3.98. The lowest BCUT2D eigenvalue weighted by Gasteiger charge is -2.30. The number of rotatable bonds is 12. The van der Waals surface area contributed by atoms with Crippen molar-refractivity contribution in [3.05, 3.63) is 64.7 Å². The Labute approximate surface area is 216 Å². The summed E-state index contributed by atoms with van der Waals surface area (Å²) < 4.78 is 26.5. The molecular weight excluding hydrogens is 474 g/mol. The van der Waals surface area contributed by atoms with Crippen LogP contribution in [0.25, 0.3) is 0 Å². The third-order valence-electron chi connectivity index (χ3n) is 6.24. The molecule has 0 fully saturated rings. The van der Waals surface area contributed by atoms with Gasteiger partial charge in [0.1, 0.15) is 6.04 Å². The van der Waals surface area contributed by atoms with Crippen molar-refractivity contribution in [1.29, 1.82) is 0 Å². The topological polar surface area (TPSA) is 86.8 Å². The van der Waals surface area contributed by atoms with Gasteiger partial charge in [0.25, 0.3) is 0 Å². The maximum absolute atomic E-state index is 13.4. The molecule has 0 radical (unpaired) electrons. The number of benzene rings is 2. The Hall–Kier alpha value is -2.87. The van der Waals surface area contributed by atoms with Gasteiger partial charge in [-0.2, -0.15) is 0 Å². The molecule has 0 aliphatic heterocycles. The average Bonchev–Trinajstić information content (AvgIpc) is 2.80. The van der Waals surface area contributed by atoms with Gasteiger partial charge < -0.3 is 10.2 Å². The number of nitrogens with zero attached hydrogens (tertiary/aromatic N) is 2. The zero-order valence-corrected chi connectivity index (χ0v) is 23.5. The number of hydrogen-bond acceptors (Lipinski definition) is 4. The minimum atomic E-state index is -3.53. The van der Waals surface area contributed by atoms with Gasteiger partial charge in [-0.05, 0) is 68.4 Å². The molecule has 0 aliphatic carbocycles. The molecule has 0 saturated heterocycles. The number of sulfonamides is 1. The van der Waals surface area contributed by atoms with E-state index in [1.807, 2.05) is 77.1 Å². The number of carbonyl (C=O) groups is 2. The molecule has 0 heterocycles. The van der Waals surface area contributed by atoms with Crippen LogP contribution in [0.2, 0.25) is 0 Å². The first kappa shape index (κ1) is 29.4. The third kappa shape index (κ3) is 8.36. The van der Waals surface area contributed by atoms with Crippen LogP contribution in [0.15, 0.2) is 42.5 Å². The number of amides is 2. The van der Waals surface area contributed by atoms with E-state index in [4.69, 9.17) is 0 Å². The van der Waals surface area contributed by atoms with E-state index in [9.17, 15) is 18.0 Å². The maximum atomic E-state index is 13.4. The highest BCUT2D eigenvalue weighted by Crippen LogP contribution is 2.25. The van der Waals surface area contributed by atoms with Crippen molar-refractivity contribution in [2.45, 2.75) is 67.0 Å². The van der Waals surface area contributed by atoms with Crippen LogP contribution in [0.1, 0.15) is 55.9 Å². The minimum Gasteiger partial charge on any atom is -0.354 e. The van der Waals surface area contributed by atoms with Gasteiger partial charge in [0, 0.05) is 26.1 Å². The van der Waals surface area contributed by atoms with E-state index in [1.54, 1.807) is 11.8 Å². The number of aryl methyl sites for hydroxylation is 3. The lowest BCUT2D eigenvalue weighted by atomic mass is 10.1. The zero-order chi connectivity index (χ0) is 27.0. The molecule has 0 aromatic heterocycles. The number of nitrogens with one attached hydrogen (secondary N) is 1. The fraction of sp³-hybridized carbons (Fsp3) is 0.500. The maximum Gasteiger partial charge on any atom is 0.242 e. The smallest absolute Gasteiger partial charge is 0.242 e. The van der Waals surface area contributed by atoms with Gasteiger partial charge in [-0.15, -0.1) is 0 Å². The molecule has 8 heteroatoms. The molecule has 0 aliphatic rings. The summed E-state index contributed by atoms with van der Waals surface area (Å²) in [6.07, 6.45) is 1.65. The van der Waals surface area contributed by atoms with Crippen molar-refractivity contribution in [3.63, 3.8) is 0 Å². The third-order valence-corrected chi connectivity index (χ3v) is 7.42. The SMILES string of the molecule is Cc1ccc(C)c(N(CCCC(=O)N(Cc2ccccc2C)[C@@H](C)C(=O)NCC(C)C)S(C)(=O)=O)c1. The summed E-state index contributed by atoms with van der Waals surface area (Å²) in [7, 11) is -3.53. The van der Waals surface area contributed by atoms with Crippen molar-refractivity contribution >= 4 is 27.5 Å². The van der Waals surface area contributed by atoms with Gasteiger partial charge in [0.05, 0.1) is 11.9 Å². The zero-order valence-electron chi connectivity index (χ0n) is 22.7. The van der Waals surface area contributed by atoms with Crippen LogP contribution >= 0.6 is 0 Å². The minimum absolute atomic E-state index is 0.130. The summed E-state index contributed by atoms with van der Waals surface area (Å²) in [6, 6.07) is 12.8. The van der Waals surface area contributed by atoms with Gasteiger partial charge in [0.15, 0.2) is 0 Å². The Morgan fingerprint density at radius 1 is 0.972 bits per heavy atom. The largest absolute Gasteiger partial charge is 0.354 e. The van der Waals surface area contributed by atoms with Crippen molar-refractivity contribution in [3.8, 4) is 0 Å². The standard InChI is InChI=1S/C28H41N3O4S/c1-20(2)18-29-28(33)24(6)30(19-25-12-9-8-11-22(25)4)27(32)13-10-16-31(36(7,34)35)26-17-21(3)14-15-23(26)5/h8-9,11-12,14-15,17,20,24H,10,13,16,18-19H2,1-7H3,(H,29,33)/t24-/m0/s1. The average molecular weight is 516 g/mol. The number of anilines is 1. The first-order valence-electron chi connectivity index (χ1n) is 12.5. The predicted octanol–water partition coefficient (Wildman–Crippen LogP) is 4.35. The summed E-state index contributed by atoms with van der Waals surface area (Å²) >= 11 is 0. The molecule has 2 aromatic rings. The van der Waals surface area contributed by atoms with Crippen molar-refractivity contribution in [1.82, 2.24) is 10.2 Å². The van der Waals surface area contributed by atoms with Gasteiger partial charge in [-0.1, -0.05) is 50.2 Å². The van der Waals surface area contributed by atoms with Crippen LogP contribution in [-0.4, -0.2) is 50.5 Å². The second-order valence-electron chi connectivity index (χ2n) is 9.99. The second kappa shape index (κ2) is 12.9. The first-order chi connectivity index (χ1) is 16.8. The predicted molar refractivity (Wildman–Crippen MR) is 146 cm³/mol. The molecule has 0 unspecified atom stereocenters. The fourth-order valence-corrected chi connectivity index (χ4v) is 4.99. The monoisotopic (exact) mass is 515 g/mol. The first-order valence-corrected chi connectivity index (χ1v) is 14.3. The molecule has 0 spiro atoms. The van der Waals surface area contributed by atoms with Gasteiger partial charge >= 0.3 is 0 Å². The van der Waals surface area contributed by atoms with Crippen molar-refractivity contribution < 1.29 is 18.0 Å². The van der Waals surface area contributed by atoms with Crippen LogP contribution in [-0.2, 0) is 26.2 Å². The molecule has 1 atom stereocenters. The van der Waals surface area contributed by atoms with E-state index in [0.29, 0.717) is 31.1 Å². The van der Waals surface area contributed by atoms with Gasteiger partial charge in [0.2, 0.25) is 21.8 Å². The molecule has 0 bridgehead atoms. The summed E-state index contributed by atoms with van der Waals surface area (Å²) in [6.45, 7) is 12.6.